The van der Waals surface area contributed by atoms with Gasteiger partial charge in [-0.25, -0.2) is 0 Å². The molecule has 0 saturated heterocycles. The minimum Gasteiger partial charge on any atom is -0.466 e. The zero-order valence-corrected chi connectivity index (χ0v) is 24.4. The fraction of sp³-hybridized carbons (Fsp3) is 0.938. The topological polar surface area (TPSA) is 52.6 Å². The van der Waals surface area contributed by atoms with Gasteiger partial charge in [-0.15, -0.1) is 0 Å². The number of carbonyl (C=O) groups is 2. The van der Waals surface area contributed by atoms with Crippen LogP contribution in [0.3, 0.4) is 0 Å². The van der Waals surface area contributed by atoms with Crippen LogP contribution in [0.2, 0.25) is 0 Å². The Balaban J connectivity index is 3.20. The molecule has 0 aliphatic carbocycles. The summed E-state index contributed by atoms with van der Waals surface area (Å²) in [5.41, 5.74) is 0. The second-order valence-electron chi connectivity index (χ2n) is 10.7. The van der Waals surface area contributed by atoms with E-state index >= 15 is 0 Å². The molecule has 36 heavy (non-hydrogen) atoms. The predicted octanol–water partition coefficient (Wildman–Crippen LogP) is 10.3. The summed E-state index contributed by atoms with van der Waals surface area (Å²) >= 11 is 0. The van der Waals surface area contributed by atoms with Crippen molar-refractivity contribution in [3.63, 3.8) is 0 Å². The lowest BCUT2D eigenvalue weighted by atomic mass is 10.0. The third kappa shape index (κ3) is 29.2. The first-order chi connectivity index (χ1) is 17.7. The molecule has 0 bridgehead atoms. The summed E-state index contributed by atoms with van der Waals surface area (Å²) < 4.78 is 10.4. The molecule has 0 amide bonds. The number of unbranched alkanes of at least 4 members (excludes halogenated alkanes) is 22. The first-order valence-electron chi connectivity index (χ1n) is 16.0. The minimum absolute atomic E-state index is 0.131. The summed E-state index contributed by atoms with van der Waals surface area (Å²) in [6.45, 7) is 5.38. The SMILES string of the molecule is CCCCCCCCCCCCCCCCCCCCCCOC(=O)CCC(=O)OCCCCCC. The van der Waals surface area contributed by atoms with Gasteiger partial charge in [-0.05, 0) is 12.8 Å². The molecule has 0 N–H and O–H groups in total. The maximum atomic E-state index is 11.7. The number of ether oxygens (including phenoxy) is 2. The molecule has 0 spiro atoms. The highest BCUT2D eigenvalue weighted by molar-refractivity contribution is 5.77. The molecule has 0 aromatic heterocycles. The van der Waals surface area contributed by atoms with Crippen molar-refractivity contribution in [2.45, 2.75) is 181 Å². The molecule has 0 aromatic carbocycles. The van der Waals surface area contributed by atoms with Crippen LogP contribution in [-0.2, 0) is 19.1 Å². The van der Waals surface area contributed by atoms with Crippen molar-refractivity contribution < 1.29 is 19.1 Å². The van der Waals surface area contributed by atoms with E-state index in [2.05, 4.69) is 13.8 Å². The van der Waals surface area contributed by atoms with Crippen LogP contribution in [-0.4, -0.2) is 25.2 Å². The van der Waals surface area contributed by atoms with Crippen LogP contribution in [0.4, 0.5) is 0 Å². The molecule has 4 heteroatoms. The van der Waals surface area contributed by atoms with Gasteiger partial charge in [0.05, 0.1) is 26.1 Å². The molecular weight excluding hydrogens is 448 g/mol. The Bertz CT molecular complexity index is 463. The van der Waals surface area contributed by atoms with E-state index in [0.717, 1.165) is 25.7 Å². The summed E-state index contributed by atoms with van der Waals surface area (Å²) in [5.74, 6) is -0.571. The number of rotatable bonds is 29. The van der Waals surface area contributed by atoms with Crippen molar-refractivity contribution >= 4 is 11.9 Å². The van der Waals surface area contributed by atoms with Crippen LogP contribution in [0.15, 0.2) is 0 Å². The third-order valence-corrected chi connectivity index (χ3v) is 7.06. The van der Waals surface area contributed by atoms with E-state index in [9.17, 15) is 9.59 Å². The first-order valence-corrected chi connectivity index (χ1v) is 16.0. The van der Waals surface area contributed by atoms with Gasteiger partial charge in [0.25, 0.3) is 0 Å². The Labute approximate surface area is 225 Å². The second-order valence-corrected chi connectivity index (χ2v) is 10.7. The monoisotopic (exact) mass is 510 g/mol. The van der Waals surface area contributed by atoms with E-state index < -0.39 is 0 Å². The Morgan fingerprint density at radius 2 is 0.583 bits per heavy atom. The molecule has 4 nitrogen and oxygen atoms in total. The number of esters is 2. The van der Waals surface area contributed by atoms with Crippen molar-refractivity contribution in [2.75, 3.05) is 13.2 Å². The molecule has 0 atom stereocenters. The lowest BCUT2D eigenvalue weighted by Gasteiger charge is -2.06. The maximum absolute atomic E-state index is 11.7. The van der Waals surface area contributed by atoms with Crippen LogP contribution in [0.5, 0.6) is 0 Å². The number of hydrogen-bond acceptors (Lipinski definition) is 4. The van der Waals surface area contributed by atoms with E-state index in [1.54, 1.807) is 0 Å². The van der Waals surface area contributed by atoms with E-state index in [4.69, 9.17) is 9.47 Å². The van der Waals surface area contributed by atoms with Gasteiger partial charge in [-0.2, -0.15) is 0 Å². The van der Waals surface area contributed by atoms with Crippen LogP contribution in [0.1, 0.15) is 181 Å². The Kier molecular flexibility index (Phi) is 29.3. The highest BCUT2D eigenvalue weighted by Gasteiger charge is 2.09. The van der Waals surface area contributed by atoms with Gasteiger partial charge in [0.2, 0.25) is 0 Å². The van der Waals surface area contributed by atoms with Crippen molar-refractivity contribution in [3.8, 4) is 0 Å². The van der Waals surface area contributed by atoms with Crippen molar-refractivity contribution in [2.24, 2.45) is 0 Å². The fourth-order valence-electron chi connectivity index (χ4n) is 4.61. The van der Waals surface area contributed by atoms with E-state index in [1.165, 1.54) is 128 Å². The minimum atomic E-state index is -0.290. The molecule has 0 aliphatic heterocycles. The zero-order valence-electron chi connectivity index (χ0n) is 24.4. The van der Waals surface area contributed by atoms with Crippen molar-refractivity contribution in [1.29, 1.82) is 0 Å². The van der Waals surface area contributed by atoms with E-state index in [1.807, 2.05) is 0 Å². The molecular formula is C32H62O4. The standard InChI is InChI=1S/C32H62O4/c1-3-5-7-9-10-11-12-13-14-15-16-17-18-19-20-21-22-23-24-26-30-36-32(34)28-27-31(33)35-29-25-8-6-4-2/h3-30H2,1-2H3. The first kappa shape index (κ1) is 34.9. The summed E-state index contributed by atoms with van der Waals surface area (Å²) in [4.78, 5) is 23.3. The van der Waals surface area contributed by atoms with Crippen LogP contribution in [0, 0.1) is 0 Å². The average molecular weight is 511 g/mol. The number of carbonyl (C=O) groups excluding carboxylic acids is 2. The highest BCUT2D eigenvalue weighted by atomic mass is 16.5. The van der Waals surface area contributed by atoms with Gasteiger partial charge < -0.3 is 9.47 Å². The quantitative estimate of drug-likeness (QED) is 0.0741. The maximum Gasteiger partial charge on any atom is 0.306 e. The Hall–Kier alpha value is -1.06. The Morgan fingerprint density at radius 3 is 0.861 bits per heavy atom. The molecule has 0 unspecified atom stereocenters. The molecule has 0 heterocycles. The lowest BCUT2D eigenvalue weighted by molar-refractivity contribution is -0.150. The molecule has 0 aliphatic rings. The summed E-state index contributed by atoms with van der Waals surface area (Å²) in [6.07, 6.45) is 31.8. The Morgan fingerprint density at radius 1 is 0.361 bits per heavy atom. The second kappa shape index (κ2) is 30.2. The summed E-state index contributed by atoms with van der Waals surface area (Å²) in [5, 5.41) is 0. The summed E-state index contributed by atoms with van der Waals surface area (Å²) in [7, 11) is 0. The van der Waals surface area contributed by atoms with Gasteiger partial charge in [-0.3, -0.25) is 9.59 Å². The smallest absolute Gasteiger partial charge is 0.306 e. The van der Waals surface area contributed by atoms with Gasteiger partial charge in [-0.1, -0.05) is 155 Å². The number of hydrogen-bond donors (Lipinski definition) is 0. The summed E-state index contributed by atoms with van der Waals surface area (Å²) in [6, 6.07) is 0. The molecule has 0 radical (unpaired) electrons. The van der Waals surface area contributed by atoms with E-state index in [-0.39, 0.29) is 24.8 Å². The van der Waals surface area contributed by atoms with Crippen LogP contribution >= 0.6 is 0 Å². The molecule has 214 valence electrons. The van der Waals surface area contributed by atoms with Gasteiger partial charge in [0.15, 0.2) is 0 Å². The van der Waals surface area contributed by atoms with Crippen LogP contribution < -0.4 is 0 Å². The zero-order chi connectivity index (χ0) is 26.4. The van der Waals surface area contributed by atoms with Gasteiger partial charge in [0, 0.05) is 0 Å². The van der Waals surface area contributed by atoms with Gasteiger partial charge >= 0.3 is 11.9 Å². The molecule has 0 rings (SSSR count). The van der Waals surface area contributed by atoms with Gasteiger partial charge in [0.1, 0.15) is 0 Å². The average Bonchev–Trinajstić information content (AvgIpc) is 2.88. The lowest BCUT2D eigenvalue weighted by Crippen LogP contribution is -2.11. The molecule has 0 fully saturated rings. The third-order valence-electron chi connectivity index (χ3n) is 7.06. The van der Waals surface area contributed by atoms with Crippen LogP contribution in [0.25, 0.3) is 0 Å². The predicted molar refractivity (Wildman–Crippen MR) is 153 cm³/mol. The fourth-order valence-corrected chi connectivity index (χ4v) is 4.61. The van der Waals surface area contributed by atoms with Crippen molar-refractivity contribution in [3.05, 3.63) is 0 Å². The molecule has 0 saturated carbocycles. The van der Waals surface area contributed by atoms with E-state index in [0.29, 0.717) is 13.2 Å². The highest BCUT2D eigenvalue weighted by Crippen LogP contribution is 2.15. The largest absolute Gasteiger partial charge is 0.466 e. The normalized spacial score (nSPS) is 11.1. The molecule has 0 aromatic rings. The van der Waals surface area contributed by atoms with Crippen molar-refractivity contribution in [1.82, 2.24) is 0 Å².